The first-order chi connectivity index (χ1) is 9.24. The summed E-state index contributed by atoms with van der Waals surface area (Å²) in [5, 5.41) is 0. The van der Waals surface area contributed by atoms with Gasteiger partial charge in [0.15, 0.2) is 0 Å². The molecule has 2 fully saturated rings. The Labute approximate surface area is 120 Å². The van der Waals surface area contributed by atoms with Crippen molar-refractivity contribution in [1.82, 2.24) is 4.90 Å². The lowest BCUT2D eigenvalue weighted by molar-refractivity contribution is 0.0576. The zero-order valence-corrected chi connectivity index (χ0v) is 13.2. The first kappa shape index (κ1) is 15.3. The number of nitrogens with two attached hydrogens (primary N) is 1. The third kappa shape index (κ3) is 3.52. The third-order valence-corrected chi connectivity index (χ3v) is 5.77. The zero-order valence-electron chi connectivity index (χ0n) is 13.2. The number of hydrogen-bond acceptors (Lipinski definition) is 2. The molecule has 1 atom stereocenters. The normalized spacial score (nSPS) is 36.8. The van der Waals surface area contributed by atoms with Crippen molar-refractivity contribution in [3.05, 3.63) is 0 Å². The van der Waals surface area contributed by atoms with Crippen molar-refractivity contribution < 1.29 is 0 Å². The van der Waals surface area contributed by atoms with Gasteiger partial charge in [-0.15, -0.1) is 0 Å². The molecule has 1 saturated carbocycles. The summed E-state index contributed by atoms with van der Waals surface area (Å²) >= 11 is 0. The smallest absolute Gasteiger partial charge is 0.0332 e. The lowest BCUT2D eigenvalue weighted by atomic mass is 9.74. The fourth-order valence-corrected chi connectivity index (χ4v) is 4.47. The summed E-state index contributed by atoms with van der Waals surface area (Å²) in [6.45, 7) is 8.15. The van der Waals surface area contributed by atoms with Crippen LogP contribution in [0, 0.1) is 11.8 Å². The van der Waals surface area contributed by atoms with Gasteiger partial charge in [0, 0.05) is 18.6 Å². The Morgan fingerprint density at radius 2 is 1.63 bits per heavy atom. The second kappa shape index (κ2) is 7.08. The molecule has 0 aromatic rings. The summed E-state index contributed by atoms with van der Waals surface area (Å²) in [7, 11) is 0. The molecule has 1 heterocycles. The van der Waals surface area contributed by atoms with Crippen LogP contribution in [0.15, 0.2) is 0 Å². The van der Waals surface area contributed by atoms with Crippen LogP contribution in [-0.2, 0) is 0 Å². The lowest BCUT2D eigenvalue weighted by Gasteiger charge is -2.46. The summed E-state index contributed by atoms with van der Waals surface area (Å²) < 4.78 is 0. The molecule has 0 radical (unpaired) electrons. The highest BCUT2D eigenvalue weighted by atomic mass is 15.2. The standard InChI is InChI=1S/C17H34N2/c1-3-5-15-7-10-17(14-18,11-8-15)19-12-9-16(13-19)6-4-2/h15-16H,3-14,18H2,1-2H3. The molecule has 0 bridgehead atoms. The molecule has 0 aromatic carbocycles. The Bertz CT molecular complexity index is 256. The average molecular weight is 266 g/mol. The van der Waals surface area contributed by atoms with Gasteiger partial charge in [0.25, 0.3) is 0 Å². The van der Waals surface area contributed by atoms with E-state index in [1.807, 2.05) is 0 Å². The topological polar surface area (TPSA) is 29.3 Å². The molecule has 112 valence electrons. The van der Waals surface area contributed by atoms with Gasteiger partial charge in [-0.25, -0.2) is 0 Å². The minimum atomic E-state index is 0.368. The molecule has 2 nitrogen and oxygen atoms in total. The third-order valence-electron chi connectivity index (χ3n) is 5.77. The van der Waals surface area contributed by atoms with Crippen molar-refractivity contribution in [2.24, 2.45) is 17.6 Å². The summed E-state index contributed by atoms with van der Waals surface area (Å²) in [6.07, 6.45) is 12.5. The summed E-state index contributed by atoms with van der Waals surface area (Å²) in [4.78, 5) is 2.77. The molecule has 2 rings (SSSR count). The Morgan fingerprint density at radius 1 is 1.00 bits per heavy atom. The predicted molar refractivity (Wildman–Crippen MR) is 83.2 cm³/mol. The molecule has 2 heteroatoms. The molecule has 2 aliphatic rings. The van der Waals surface area contributed by atoms with Crippen LogP contribution in [-0.4, -0.2) is 30.1 Å². The monoisotopic (exact) mass is 266 g/mol. The van der Waals surface area contributed by atoms with Crippen LogP contribution in [0.1, 0.15) is 71.6 Å². The van der Waals surface area contributed by atoms with E-state index >= 15 is 0 Å². The van der Waals surface area contributed by atoms with E-state index in [1.54, 1.807) is 0 Å². The van der Waals surface area contributed by atoms with Gasteiger partial charge in [0.05, 0.1) is 0 Å². The summed E-state index contributed by atoms with van der Waals surface area (Å²) in [5.41, 5.74) is 6.58. The van der Waals surface area contributed by atoms with Gasteiger partial charge in [0.1, 0.15) is 0 Å². The summed E-state index contributed by atoms with van der Waals surface area (Å²) in [5.74, 6) is 1.93. The summed E-state index contributed by atoms with van der Waals surface area (Å²) in [6, 6.07) is 0. The van der Waals surface area contributed by atoms with Crippen LogP contribution in [0.4, 0.5) is 0 Å². The van der Waals surface area contributed by atoms with Gasteiger partial charge in [-0.3, -0.25) is 4.90 Å². The number of nitrogens with zero attached hydrogens (tertiary/aromatic N) is 1. The highest BCUT2D eigenvalue weighted by Gasteiger charge is 2.41. The fourth-order valence-electron chi connectivity index (χ4n) is 4.47. The SMILES string of the molecule is CCCC1CCC(CN)(N2CCC(CCC)C2)CC1. The van der Waals surface area contributed by atoms with Gasteiger partial charge >= 0.3 is 0 Å². The molecule has 1 saturated heterocycles. The lowest BCUT2D eigenvalue weighted by Crippen LogP contribution is -2.54. The van der Waals surface area contributed by atoms with E-state index in [0.717, 1.165) is 18.4 Å². The largest absolute Gasteiger partial charge is 0.329 e. The highest BCUT2D eigenvalue weighted by molar-refractivity contribution is 4.98. The van der Waals surface area contributed by atoms with Gasteiger partial charge in [-0.05, 0) is 56.9 Å². The molecule has 1 aliphatic carbocycles. The molecular weight excluding hydrogens is 232 g/mol. The van der Waals surface area contributed by atoms with E-state index < -0.39 is 0 Å². The maximum absolute atomic E-state index is 6.22. The number of likely N-dealkylation sites (tertiary alicyclic amines) is 1. The molecule has 0 amide bonds. The zero-order chi connectivity index (χ0) is 13.7. The van der Waals surface area contributed by atoms with Crippen LogP contribution in [0.2, 0.25) is 0 Å². The fraction of sp³-hybridized carbons (Fsp3) is 1.00. The quantitative estimate of drug-likeness (QED) is 0.792. The van der Waals surface area contributed by atoms with Crippen molar-refractivity contribution in [2.75, 3.05) is 19.6 Å². The average Bonchev–Trinajstić information content (AvgIpc) is 2.90. The Hall–Kier alpha value is -0.0800. The Kier molecular flexibility index (Phi) is 5.70. The van der Waals surface area contributed by atoms with E-state index in [4.69, 9.17) is 5.73 Å². The highest BCUT2D eigenvalue weighted by Crippen LogP contribution is 2.40. The molecule has 1 aliphatic heterocycles. The number of rotatable bonds is 6. The van der Waals surface area contributed by atoms with Crippen LogP contribution in [0.3, 0.4) is 0 Å². The Balaban J connectivity index is 1.89. The van der Waals surface area contributed by atoms with Gasteiger partial charge in [-0.1, -0.05) is 33.1 Å². The predicted octanol–water partition coefficient (Wildman–Crippen LogP) is 3.80. The minimum absolute atomic E-state index is 0.368. The van der Waals surface area contributed by atoms with E-state index in [9.17, 15) is 0 Å². The maximum Gasteiger partial charge on any atom is 0.0332 e. The molecule has 1 unspecified atom stereocenters. The molecular formula is C17H34N2. The molecule has 0 spiro atoms. The van der Waals surface area contributed by atoms with Gasteiger partial charge in [0.2, 0.25) is 0 Å². The van der Waals surface area contributed by atoms with Crippen LogP contribution in [0.25, 0.3) is 0 Å². The van der Waals surface area contributed by atoms with Gasteiger partial charge in [-0.2, -0.15) is 0 Å². The van der Waals surface area contributed by atoms with E-state index in [1.165, 1.54) is 70.9 Å². The van der Waals surface area contributed by atoms with Crippen molar-refractivity contribution in [2.45, 2.75) is 77.2 Å². The maximum atomic E-state index is 6.22. The minimum Gasteiger partial charge on any atom is -0.329 e. The van der Waals surface area contributed by atoms with Crippen LogP contribution >= 0.6 is 0 Å². The first-order valence-electron chi connectivity index (χ1n) is 8.69. The number of hydrogen-bond donors (Lipinski definition) is 1. The van der Waals surface area contributed by atoms with Gasteiger partial charge < -0.3 is 5.73 Å². The van der Waals surface area contributed by atoms with Crippen molar-refractivity contribution >= 4 is 0 Å². The van der Waals surface area contributed by atoms with Crippen molar-refractivity contribution in [3.63, 3.8) is 0 Å². The van der Waals surface area contributed by atoms with E-state index in [0.29, 0.717) is 5.54 Å². The van der Waals surface area contributed by atoms with Crippen molar-refractivity contribution in [3.8, 4) is 0 Å². The second-order valence-electron chi connectivity index (χ2n) is 7.05. The van der Waals surface area contributed by atoms with E-state index in [-0.39, 0.29) is 0 Å². The molecule has 2 N–H and O–H groups in total. The second-order valence-corrected chi connectivity index (χ2v) is 7.05. The van der Waals surface area contributed by atoms with Crippen molar-refractivity contribution in [1.29, 1.82) is 0 Å². The molecule has 0 aromatic heterocycles. The van der Waals surface area contributed by atoms with Crippen LogP contribution in [0.5, 0.6) is 0 Å². The molecule has 19 heavy (non-hydrogen) atoms. The Morgan fingerprint density at radius 3 is 2.21 bits per heavy atom. The first-order valence-corrected chi connectivity index (χ1v) is 8.69. The van der Waals surface area contributed by atoms with Crippen LogP contribution < -0.4 is 5.73 Å². The van der Waals surface area contributed by atoms with E-state index in [2.05, 4.69) is 18.7 Å².